The van der Waals surface area contributed by atoms with Gasteiger partial charge < -0.3 is 15.7 Å². The molecule has 0 aliphatic heterocycles. The molecule has 0 bridgehead atoms. The summed E-state index contributed by atoms with van der Waals surface area (Å²) in [7, 11) is 0. The number of hydrogen-bond acceptors (Lipinski definition) is 2. The zero-order valence-electron chi connectivity index (χ0n) is 10.6. The highest BCUT2D eigenvalue weighted by Gasteiger charge is 2.16. The van der Waals surface area contributed by atoms with Crippen LogP contribution in [0.3, 0.4) is 0 Å². The van der Waals surface area contributed by atoms with Crippen molar-refractivity contribution in [3.63, 3.8) is 0 Å². The van der Waals surface area contributed by atoms with Gasteiger partial charge in [0.1, 0.15) is 5.82 Å². The first-order valence-corrected chi connectivity index (χ1v) is 7.25. The van der Waals surface area contributed by atoms with Gasteiger partial charge in [-0.3, -0.25) is 0 Å². The van der Waals surface area contributed by atoms with Crippen molar-refractivity contribution in [3.8, 4) is 0 Å². The maximum Gasteiger partial charge on any atom is 0.323 e. The monoisotopic (exact) mass is 369 g/mol. The predicted octanol–water partition coefficient (Wildman–Crippen LogP) is 3.46. The Morgan fingerprint density at radius 3 is 2.52 bits per heavy atom. The van der Waals surface area contributed by atoms with Crippen LogP contribution in [0.25, 0.3) is 11.0 Å². The van der Waals surface area contributed by atoms with E-state index in [2.05, 4.69) is 25.9 Å². The first-order valence-electron chi connectivity index (χ1n) is 6.07. The predicted molar refractivity (Wildman–Crippen MR) is 84.1 cm³/mol. The van der Waals surface area contributed by atoms with Crippen molar-refractivity contribution in [2.45, 2.75) is 6.04 Å². The maximum absolute atomic E-state index is 13.6. The van der Waals surface area contributed by atoms with Crippen molar-refractivity contribution in [3.05, 3.63) is 67.3 Å². The summed E-state index contributed by atoms with van der Waals surface area (Å²) in [5.41, 5.74) is 8.54. The zero-order valence-corrected chi connectivity index (χ0v) is 12.9. The molecule has 0 radical (unpaired) electrons. The van der Waals surface area contributed by atoms with Gasteiger partial charge in [-0.2, -0.15) is 0 Å². The molecule has 108 valence electrons. The molecule has 21 heavy (non-hydrogen) atoms. The Morgan fingerprint density at radius 1 is 1.19 bits per heavy atom. The van der Waals surface area contributed by atoms with E-state index in [0.717, 1.165) is 10.0 Å². The Labute approximate surface area is 132 Å². The topological polar surface area (TPSA) is 74.7 Å². The Balaban J connectivity index is 2.11. The largest absolute Gasteiger partial charge is 0.323 e. The van der Waals surface area contributed by atoms with Crippen molar-refractivity contribution in [1.82, 2.24) is 9.97 Å². The highest BCUT2D eigenvalue weighted by molar-refractivity contribution is 9.10. The summed E-state index contributed by atoms with van der Waals surface area (Å²) in [6.45, 7) is 0. The first kappa shape index (κ1) is 14.3. The van der Waals surface area contributed by atoms with Crippen LogP contribution in [0.5, 0.6) is 0 Å². The van der Waals surface area contributed by atoms with E-state index in [1.54, 1.807) is 18.2 Å². The van der Waals surface area contributed by atoms with E-state index in [1.165, 1.54) is 12.1 Å². The molecule has 1 aromatic heterocycles. The van der Waals surface area contributed by atoms with Crippen molar-refractivity contribution >= 4 is 38.6 Å². The summed E-state index contributed by atoms with van der Waals surface area (Å²) >= 11 is 9.10. The Morgan fingerprint density at radius 2 is 1.86 bits per heavy atom. The van der Waals surface area contributed by atoms with Crippen LogP contribution >= 0.6 is 27.5 Å². The van der Waals surface area contributed by atoms with Gasteiger partial charge in [0.15, 0.2) is 0 Å². The number of halogens is 3. The third kappa shape index (κ3) is 2.62. The number of nitrogens with two attached hydrogens (primary N) is 1. The van der Waals surface area contributed by atoms with E-state index in [-0.39, 0.29) is 10.7 Å². The molecule has 4 nitrogen and oxygen atoms in total. The number of fused-ring (bicyclic) bond motifs is 1. The van der Waals surface area contributed by atoms with E-state index in [4.69, 9.17) is 17.3 Å². The average molecular weight is 371 g/mol. The molecular formula is C14H10BrClFN3O. The highest BCUT2D eigenvalue weighted by Crippen LogP contribution is 2.30. The van der Waals surface area contributed by atoms with E-state index < -0.39 is 11.9 Å². The first-order chi connectivity index (χ1) is 9.95. The van der Waals surface area contributed by atoms with Crippen LogP contribution in [0, 0.1) is 5.82 Å². The zero-order chi connectivity index (χ0) is 15.1. The van der Waals surface area contributed by atoms with E-state index >= 15 is 0 Å². The Bertz CT molecular complexity index is 890. The molecule has 0 spiro atoms. The van der Waals surface area contributed by atoms with Gasteiger partial charge in [-0.25, -0.2) is 9.18 Å². The molecule has 0 aliphatic carbocycles. The summed E-state index contributed by atoms with van der Waals surface area (Å²) in [5.74, 6) is -0.517. The lowest BCUT2D eigenvalue weighted by Gasteiger charge is -2.15. The lowest BCUT2D eigenvalue weighted by atomic mass is 9.99. The van der Waals surface area contributed by atoms with Crippen molar-refractivity contribution in [1.29, 1.82) is 0 Å². The standard InChI is InChI=1S/C14H10BrClFN3O/c15-8-5-12-11(19-14(21)20-12)4-7(8)13(18)6-1-2-9(16)10(17)3-6/h1-5,13H,18H2,(H2,19,20,21). The fourth-order valence-electron chi connectivity index (χ4n) is 2.20. The third-order valence-corrected chi connectivity index (χ3v) is 4.26. The summed E-state index contributed by atoms with van der Waals surface area (Å²) in [4.78, 5) is 16.6. The number of imidazole rings is 1. The van der Waals surface area contributed by atoms with Gasteiger partial charge in [-0.1, -0.05) is 33.6 Å². The van der Waals surface area contributed by atoms with E-state index in [0.29, 0.717) is 16.6 Å². The minimum absolute atomic E-state index is 0.0513. The van der Waals surface area contributed by atoms with Crippen molar-refractivity contribution in [2.24, 2.45) is 5.73 Å². The molecule has 3 rings (SSSR count). The molecule has 1 atom stereocenters. The molecule has 0 saturated carbocycles. The molecule has 3 aromatic rings. The number of aromatic amines is 2. The second-order valence-electron chi connectivity index (χ2n) is 4.65. The number of hydrogen-bond donors (Lipinski definition) is 3. The van der Waals surface area contributed by atoms with Crippen LogP contribution in [0.2, 0.25) is 5.02 Å². The summed E-state index contributed by atoms with van der Waals surface area (Å²) in [6, 6.07) is 7.42. The van der Waals surface area contributed by atoms with Gasteiger partial charge in [0.2, 0.25) is 0 Å². The minimum atomic E-state index is -0.547. The number of rotatable bonds is 2. The average Bonchev–Trinajstić information content (AvgIpc) is 2.79. The van der Waals surface area contributed by atoms with E-state index in [1.807, 2.05) is 0 Å². The molecule has 1 heterocycles. The summed E-state index contributed by atoms with van der Waals surface area (Å²) in [5, 5.41) is 0.0513. The number of benzene rings is 2. The fraction of sp³-hybridized carbons (Fsp3) is 0.0714. The molecule has 0 fully saturated rings. The summed E-state index contributed by atoms with van der Waals surface area (Å²) < 4.78 is 14.3. The molecule has 0 saturated heterocycles. The molecule has 1 unspecified atom stereocenters. The molecule has 2 aromatic carbocycles. The fourth-order valence-corrected chi connectivity index (χ4v) is 2.90. The van der Waals surface area contributed by atoms with Crippen molar-refractivity contribution in [2.75, 3.05) is 0 Å². The lowest BCUT2D eigenvalue weighted by molar-refractivity contribution is 0.624. The normalized spacial score (nSPS) is 12.8. The second-order valence-corrected chi connectivity index (χ2v) is 5.91. The molecule has 4 N–H and O–H groups in total. The van der Waals surface area contributed by atoms with Crippen LogP contribution in [-0.4, -0.2) is 9.97 Å². The van der Waals surface area contributed by atoms with E-state index in [9.17, 15) is 9.18 Å². The van der Waals surface area contributed by atoms with Crippen LogP contribution in [0.1, 0.15) is 17.2 Å². The second kappa shape index (κ2) is 5.29. The van der Waals surface area contributed by atoms with Gasteiger partial charge in [0.05, 0.1) is 22.1 Å². The number of H-pyrrole nitrogens is 2. The van der Waals surface area contributed by atoms with Gasteiger partial charge >= 0.3 is 5.69 Å². The highest BCUT2D eigenvalue weighted by atomic mass is 79.9. The molecule has 7 heteroatoms. The molecule has 0 aliphatic rings. The Kier molecular flexibility index (Phi) is 3.61. The third-order valence-electron chi connectivity index (χ3n) is 3.27. The van der Waals surface area contributed by atoms with Gasteiger partial charge in [0, 0.05) is 4.47 Å². The van der Waals surface area contributed by atoms with Crippen LogP contribution in [-0.2, 0) is 0 Å². The van der Waals surface area contributed by atoms with Crippen LogP contribution < -0.4 is 11.4 Å². The van der Waals surface area contributed by atoms with Gasteiger partial charge in [0.25, 0.3) is 0 Å². The molecule has 0 amide bonds. The SMILES string of the molecule is NC(c1ccc(Cl)c(F)c1)c1cc2[nH]c(=O)[nH]c2cc1Br. The smallest absolute Gasteiger partial charge is 0.320 e. The quantitative estimate of drug-likeness (QED) is 0.646. The number of aromatic nitrogens is 2. The molecular weight excluding hydrogens is 361 g/mol. The lowest BCUT2D eigenvalue weighted by Crippen LogP contribution is -2.13. The maximum atomic E-state index is 13.6. The van der Waals surface area contributed by atoms with Gasteiger partial charge in [-0.15, -0.1) is 0 Å². The minimum Gasteiger partial charge on any atom is -0.320 e. The Hall–Kier alpha value is -1.63. The van der Waals surface area contributed by atoms with Crippen LogP contribution in [0.4, 0.5) is 4.39 Å². The summed E-state index contributed by atoms with van der Waals surface area (Å²) in [6.07, 6.45) is 0. The van der Waals surface area contributed by atoms with Crippen molar-refractivity contribution < 1.29 is 4.39 Å². The van der Waals surface area contributed by atoms with Gasteiger partial charge in [-0.05, 0) is 35.4 Å². The van der Waals surface area contributed by atoms with Crippen LogP contribution in [0.15, 0.2) is 39.6 Å². The number of nitrogens with one attached hydrogen (secondary N) is 2.